The predicted octanol–water partition coefficient (Wildman–Crippen LogP) is 1.45. The molecule has 1 aliphatic carbocycles. The Balaban J connectivity index is 1.67. The first-order valence-electron chi connectivity index (χ1n) is 8.55. The third-order valence-electron chi connectivity index (χ3n) is 4.60. The number of aryl methyl sites for hydroxylation is 1. The lowest BCUT2D eigenvalue weighted by atomic mass is 9.95. The number of amides is 1. The van der Waals surface area contributed by atoms with Crippen molar-refractivity contribution < 1.29 is 13.2 Å². The van der Waals surface area contributed by atoms with Crippen molar-refractivity contribution in [3.05, 3.63) is 17.6 Å². The Bertz CT molecular complexity index is 714. The molecule has 1 amide bonds. The predicted molar refractivity (Wildman–Crippen MR) is 91.8 cm³/mol. The van der Waals surface area contributed by atoms with E-state index in [4.69, 9.17) is 0 Å². The summed E-state index contributed by atoms with van der Waals surface area (Å²) >= 11 is 0. The van der Waals surface area contributed by atoms with Gasteiger partial charge < -0.3 is 10.6 Å². The lowest BCUT2D eigenvalue weighted by molar-refractivity contribution is 0.0922. The standard InChI is InChI=1S/C16H24N4O3S/c1-11-17-14(16(21)20-12-5-3-2-4-6-12)9-15(18-11)19-13-7-8-24(22,23)10-13/h9,12-13H,2-8,10H2,1H3,(H,20,21)(H,17,18,19). The van der Waals surface area contributed by atoms with Crippen molar-refractivity contribution >= 4 is 21.6 Å². The number of carbonyl (C=O) groups excluding carboxylic acids is 1. The normalized spacial score (nSPS) is 23.8. The third-order valence-corrected chi connectivity index (χ3v) is 6.36. The van der Waals surface area contributed by atoms with Crippen LogP contribution >= 0.6 is 0 Å². The summed E-state index contributed by atoms with van der Waals surface area (Å²) in [7, 11) is -2.96. The number of aromatic nitrogens is 2. The van der Waals surface area contributed by atoms with Crippen molar-refractivity contribution in [2.24, 2.45) is 0 Å². The zero-order chi connectivity index (χ0) is 17.2. The van der Waals surface area contributed by atoms with Crippen LogP contribution < -0.4 is 10.6 Å². The summed E-state index contributed by atoms with van der Waals surface area (Å²) in [6.45, 7) is 1.73. The van der Waals surface area contributed by atoms with E-state index in [1.165, 1.54) is 6.42 Å². The molecule has 0 aromatic carbocycles. The molecule has 1 aromatic rings. The number of carbonyl (C=O) groups is 1. The van der Waals surface area contributed by atoms with Crippen LogP contribution in [0.3, 0.4) is 0 Å². The third kappa shape index (κ3) is 4.43. The van der Waals surface area contributed by atoms with Gasteiger partial charge in [-0.05, 0) is 26.2 Å². The minimum Gasteiger partial charge on any atom is -0.366 e. The largest absolute Gasteiger partial charge is 0.366 e. The highest BCUT2D eigenvalue weighted by Crippen LogP contribution is 2.19. The van der Waals surface area contributed by atoms with Gasteiger partial charge in [-0.3, -0.25) is 4.79 Å². The van der Waals surface area contributed by atoms with Crippen LogP contribution in [0.4, 0.5) is 5.82 Å². The van der Waals surface area contributed by atoms with Gasteiger partial charge in [0, 0.05) is 18.2 Å². The van der Waals surface area contributed by atoms with E-state index in [-0.39, 0.29) is 29.5 Å². The topological polar surface area (TPSA) is 101 Å². The summed E-state index contributed by atoms with van der Waals surface area (Å²) in [5.41, 5.74) is 0.330. The van der Waals surface area contributed by atoms with E-state index >= 15 is 0 Å². The SMILES string of the molecule is Cc1nc(NC2CCS(=O)(=O)C2)cc(C(=O)NC2CCCCC2)n1. The molecule has 0 bridgehead atoms. The van der Waals surface area contributed by atoms with Crippen LogP contribution in [-0.4, -0.2) is 47.9 Å². The summed E-state index contributed by atoms with van der Waals surface area (Å²) in [5.74, 6) is 1.13. The van der Waals surface area contributed by atoms with Crippen molar-refractivity contribution in [2.75, 3.05) is 16.8 Å². The number of anilines is 1. The summed E-state index contributed by atoms with van der Waals surface area (Å²) in [4.78, 5) is 20.9. The highest BCUT2D eigenvalue weighted by Gasteiger charge is 2.28. The molecule has 1 unspecified atom stereocenters. The van der Waals surface area contributed by atoms with E-state index in [9.17, 15) is 13.2 Å². The zero-order valence-electron chi connectivity index (χ0n) is 13.9. The van der Waals surface area contributed by atoms with E-state index < -0.39 is 9.84 Å². The van der Waals surface area contributed by atoms with Crippen LogP contribution in [0.25, 0.3) is 0 Å². The zero-order valence-corrected chi connectivity index (χ0v) is 14.7. The van der Waals surface area contributed by atoms with Crippen LogP contribution in [0.15, 0.2) is 6.07 Å². The molecule has 2 aliphatic rings. The second kappa shape index (κ2) is 7.04. The Kier molecular flexibility index (Phi) is 5.03. The lowest BCUT2D eigenvalue weighted by Crippen LogP contribution is -2.36. The number of sulfone groups is 1. The van der Waals surface area contributed by atoms with E-state index in [0.717, 1.165) is 25.7 Å². The summed E-state index contributed by atoms with van der Waals surface area (Å²) < 4.78 is 23.1. The van der Waals surface area contributed by atoms with Gasteiger partial charge in [0.15, 0.2) is 9.84 Å². The van der Waals surface area contributed by atoms with Crippen LogP contribution in [0.5, 0.6) is 0 Å². The number of hydrogen-bond acceptors (Lipinski definition) is 6. The van der Waals surface area contributed by atoms with Gasteiger partial charge in [0.05, 0.1) is 11.5 Å². The molecule has 132 valence electrons. The quantitative estimate of drug-likeness (QED) is 0.850. The first-order valence-corrected chi connectivity index (χ1v) is 10.4. The van der Waals surface area contributed by atoms with Gasteiger partial charge in [-0.2, -0.15) is 0 Å². The maximum Gasteiger partial charge on any atom is 0.270 e. The van der Waals surface area contributed by atoms with Crippen LogP contribution in [0, 0.1) is 6.92 Å². The molecule has 1 aliphatic heterocycles. The molecule has 0 radical (unpaired) electrons. The fourth-order valence-corrected chi connectivity index (χ4v) is 5.06. The van der Waals surface area contributed by atoms with E-state index in [1.54, 1.807) is 13.0 Å². The number of nitrogens with zero attached hydrogens (tertiary/aromatic N) is 2. The highest BCUT2D eigenvalue weighted by molar-refractivity contribution is 7.91. The molecule has 8 heteroatoms. The molecule has 2 fully saturated rings. The molecule has 1 aromatic heterocycles. The van der Waals surface area contributed by atoms with Crippen molar-refractivity contribution in [3.63, 3.8) is 0 Å². The molecule has 24 heavy (non-hydrogen) atoms. The van der Waals surface area contributed by atoms with Gasteiger partial charge >= 0.3 is 0 Å². The molecular weight excluding hydrogens is 328 g/mol. The summed E-state index contributed by atoms with van der Waals surface area (Å²) in [6, 6.07) is 1.67. The Morgan fingerprint density at radius 1 is 1.12 bits per heavy atom. The fraction of sp³-hybridized carbons (Fsp3) is 0.688. The lowest BCUT2D eigenvalue weighted by Gasteiger charge is -2.22. The average molecular weight is 352 g/mol. The van der Waals surface area contributed by atoms with E-state index in [0.29, 0.717) is 23.8 Å². The highest BCUT2D eigenvalue weighted by atomic mass is 32.2. The van der Waals surface area contributed by atoms with Gasteiger partial charge in [-0.1, -0.05) is 19.3 Å². The Morgan fingerprint density at radius 2 is 1.88 bits per heavy atom. The maximum absolute atomic E-state index is 12.4. The van der Waals surface area contributed by atoms with Gasteiger partial charge in [-0.15, -0.1) is 0 Å². The molecule has 1 saturated carbocycles. The molecule has 3 rings (SSSR count). The van der Waals surface area contributed by atoms with Crippen molar-refractivity contribution in [1.82, 2.24) is 15.3 Å². The average Bonchev–Trinajstić information content (AvgIpc) is 2.86. The summed E-state index contributed by atoms with van der Waals surface area (Å²) in [5, 5.41) is 6.17. The second-order valence-corrected chi connectivity index (χ2v) is 8.97. The first-order chi connectivity index (χ1) is 11.4. The minimum atomic E-state index is -2.96. The van der Waals surface area contributed by atoms with Crippen LogP contribution in [-0.2, 0) is 9.84 Å². The van der Waals surface area contributed by atoms with Crippen molar-refractivity contribution in [3.8, 4) is 0 Å². The van der Waals surface area contributed by atoms with Crippen molar-refractivity contribution in [1.29, 1.82) is 0 Å². The van der Waals surface area contributed by atoms with Gasteiger partial charge in [0.25, 0.3) is 5.91 Å². The van der Waals surface area contributed by atoms with Gasteiger partial charge in [0.1, 0.15) is 17.3 Å². The molecule has 0 spiro atoms. The maximum atomic E-state index is 12.4. The minimum absolute atomic E-state index is 0.111. The van der Waals surface area contributed by atoms with Crippen LogP contribution in [0.1, 0.15) is 54.8 Å². The van der Waals surface area contributed by atoms with E-state index in [2.05, 4.69) is 20.6 Å². The molecule has 2 heterocycles. The summed E-state index contributed by atoms with van der Waals surface area (Å²) in [6.07, 6.45) is 6.13. The molecular formula is C16H24N4O3S. The van der Waals surface area contributed by atoms with Gasteiger partial charge in [0.2, 0.25) is 0 Å². The second-order valence-electron chi connectivity index (χ2n) is 6.74. The Morgan fingerprint density at radius 3 is 2.54 bits per heavy atom. The molecule has 2 N–H and O–H groups in total. The number of hydrogen-bond donors (Lipinski definition) is 2. The molecule has 1 atom stereocenters. The molecule has 7 nitrogen and oxygen atoms in total. The Labute approximate surface area is 142 Å². The number of nitrogens with one attached hydrogen (secondary N) is 2. The van der Waals surface area contributed by atoms with Crippen molar-refractivity contribution in [2.45, 2.75) is 57.5 Å². The smallest absolute Gasteiger partial charge is 0.270 e. The number of rotatable bonds is 4. The van der Waals surface area contributed by atoms with E-state index in [1.807, 2.05) is 0 Å². The Hall–Kier alpha value is -1.70. The fourth-order valence-electron chi connectivity index (χ4n) is 3.38. The first kappa shape index (κ1) is 17.1. The van der Waals surface area contributed by atoms with Crippen LogP contribution in [0.2, 0.25) is 0 Å². The van der Waals surface area contributed by atoms with Gasteiger partial charge in [-0.25, -0.2) is 18.4 Å². The monoisotopic (exact) mass is 352 g/mol. The molecule has 1 saturated heterocycles.